The molecular weight excluding hydrogens is 196 g/mol. The van der Waals surface area contributed by atoms with E-state index >= 15 is 0 Å². The molecule has 0 aliphatic heterocycles. The molecule has 2 rings (SSSR count). The maximum Gasteiger partial charge on any atom is 0.0579 e. The van der Waals surface area contributed by atoms with Crippen LogP contribution in [-0.4, -0.2) is 11.2 Å². The molecule has 0 spiro atoms. The Hall–Kier alpha value is -0.740. The van der Waals surface area contributed by atoms with Crippen LogP contribution in [0.15, 0.2) is 11.6 Å². The number of terminal acetylenes is 1. The smallest absolute Gasteiger partial charge is 0.0579 e. The SMILES string of the molecule is C#CC[C@@H](C)C1=CC[C@H]2[C@@H](O)CCC[C@]12C. The molecule has 0 aromatic rings. The Kier molecular flexibility index (Phi) is 3.13. The lowest BCUT2D eigenvalue weighted by atomic mass is 9.63. The summed E-state index contributed by atoms with van der Waals surface area (Å²) in [6, 6.07) is 0. The number of rotatable bonds is 2. The van der Waals surface area contributed by atoms with Crippen LogP contribution >= 0.6 is 0 Å². The van der Waals surface area contributed by atoms with Gasteiger partial charge in [0.15, 0.2) is 0 Å². The highest BCUT2D eigenvalue weighted by atomic mass is 16.3. The maximum absolute atomic E-state index is 10.1. The minimum atomic E-state index is -0.106. The summed E-state index contributed by atoms with van der Waals surface area (Å²) >= 11 is 0. The van der Waals surface area contributed by atoms with E-state index in [0.717, 1.165) is 25.7 Å². The van der Waals surface area contributed by atoms with Gasteiger partial charge >= 0.3 is 0 Å². The van der Waals surface area contributed by atoms with Crippen molar-refractivity contribution in [2.24, 2.45) is 17.3 Å². The summed E-state index contributed by atoms with van der Waals surface area (Å²) in [6.07, 6.45) is 12.9. The van der Waals surface area contributed by atoms with E-state index in [9.17, 15) is 5.11 Å². The van der Waals surface area contributed by atoms with Gasteiger partial charge in [-0.05, 0) is 42.9 Å². The van der Waals surface area contributed by atoms with Gasteiger partial charge in [0, 0.05) is 6.42 Å². The highest BCUT2D eigenvalue weighted by molar-refractivity contribution is 5.27. The van der Waals surface area contributed by atoms with Crippen LogP contribution in [0, 0.1) is 29.6 Å². The molecule has 0 aromatic carbocycles. The number of hydrogen-bond donors (Lipinski definition) is 1. The average molecular weight is 218 g/mol. The Morgan fingerprint density at radius 3 is 3.12 bits per heavy atom. The van der Waals surface area contributed by atoms with Crippen molar-refractivity contribution in [2.45, 2.75) is 52.1 Å². The van der Waals surface area contributed by atoms with Gasteiger partial charge in [-0.2, -0.15) is 0 Å². The quantitative estimate of drug-likeness (QED) is 0.557. The first kappa shape index (κ1) is 11.7. The summed E-state index contributed by atoms with van der Waals surface area (Å²) in [5, 5.41) is 10.1. The molecule has 88 valence electrons. The van der Waals surface area contributed by atoms with Gasteiger partial charge < -0.3 is 5.11 Å². The van der Waals surface area contributed by atoms with Crippen molar-refractivity contribution >= 4 is 0 Å². The zero-order valence-electron chi connectivity index (χ0n) is 10.4. The van der Waals surface area contributed by atoms with E-state index in [1.807, 2.05) is 0 Å². The summed E-state index contributed by atoms with van der Waals surface area (Å²) in [7, 11) is 0. The Morgan fingerprint density at radius 2 is 2.44 bits per heavy atom. The van der Waals surface area contributed by atoms with Gasteiger partial charge in [-0.15, -0.1) is 12.3 Å². The molecule has 0 heterocycles. The molecule has 1 fully saturated rings. The van der Waals surface area contributed by atoms with Crippen molar-refractivity contribution in [3.63, 3.8) is 0 Å². The molecule has 2 aliphatic rings. The Labute approximate surface area is 98.9 Å². The second-order valence-electron chi connectivity index (χ2n) is 5.69. The third-order valence-corrected chi connectivity index (χ3v) is 4.68. The normalized spacial score (nSPS) is 39.8. The first-order valence-electron chi connectivity index (χ1n) is 6.41. The molecule has 0 saturated heterocycles. The molecule has 0 bridgehead atoms. The van der Waals surface area contributed by atoms with Crippen molar-refractivity contribution < 1.29 is 5.11 Å². The van der Waals surface area contributed by atoms with Crippen LogP contribution in [0.3, 0.4) is 0 Å². The zero-order chi connectivity index (χ0) is 11.8. The van der Waals surface area contributed by atoms with E-state index in [2.05, 4.69) is 25.8 Å². The number of hydrogen-bond acceptors (Lipinski definition) is 1. The monoisotopic (exact) mass is 218 g/mol. The summed E-state index contributed by atoms with van der Waals surface area (Å²) in [6.45, 7) is 4.55. The van der Waals surface area contributed by atoms with Crippen LogP contribution < -0.4 is 0 Å². The lowest BCUT2D eigenvalue weighted by Gasteiger charge is -2.43. The van der Waals surface area contributed by atoms with Crippen LogP contribution in [0.2, 0.25) is 0 Å². The molecule has 0 amide bonds. The van der Waals surface area contributed by atoms with Crippen molar-refractivity contribution in [1.82, 2.24) is 0 Å². The van der Waals surface area contributed by atoms with Gasteiger partial charge in [0.05, 0.1) is 6.10 Å². The molecule has 1 N–H and O–H groups in total. The van der Waals surface area contributed by atoms with E-state index < -0.39 is 0 Å². The van der Waals surface area contributed by atoms with Crippen LogP contribution in [0.4, 0.5) is 0 Å². The molecular formula is C15H22O. The zero-order valence-corrected chi connectivity index (χ0v) is 10.4. The summed E-state index contributed by atoms with van der Waals surface area (Å²) in [5.74, 6) is 3.68. The number of aliphatic hydroxyl groups is 1. The molecule has 1 nitrogen and oxygen atoms in total. The van der Waals surface area contributed by atoms with E-state index in [-0.39, 0.29) is 11.5 Å². The fourth-order valence-corrected chi connectivity index (χ4v) is 3.80. The molecule has 0 aromatic heterocycles. The van der Waals surface area contributed by atoms with E-state index in [0.29, 0.717) is 11.8 Å². The third kappa shape index (κ3) is 1.70. The first-order valence-corrected chi connectivity index (χ1v) is 6.41. The van der Waals surface area contributed by atoms with Gasteiger partial charge in [-0.1, -0.05) is 25.5 Å². The third-order valence-electron chi connectivity index (χ3n) is 4.68. The number of fused-ring (bicyclic) bond motifs is 1. The topological polar surface area (TPSA) is 20.2 Å². The second-order valence-corrected chi connectivity index (χ2v) is 5.69. The van der Waals surface area contributed by atoms with Gasteiger partial charge in [-0.3, -0.25) is 0 Å². The number of allylic oxidation sites excluding steroid dienone is 2. The lowest BCUT2D eigenvalue weighted by Crippen LogP contribution is -2.39. The first-order chi connectivity index (χ1) is 7.59. The standard InChI is InChI=1S/C15H22O/c1-4-6-11(2)12-8-9-13-14(16)7-5-10-15(12,13)3/h1,8,11,13-14,16H,5-7,9-10H2,2-3H3/t11-,13+,14+,15-/m1/s1. The van der Waals surface area contributed by atoms with E-state index in [4.69, 9.17) is 6.42 Å². The molecule has 4 atom stereocenters. The number of aliphatic hydroxyl groups excluding tert-OH is 1. The van der Waals surface area contributed by atoms with Crippen LogP contribution in [0.25, 0.3) is 0 Å². The van der Waals surface area contributed by atoms with E-state index in [1.165, 1.54) is 12.0 Å². The Bertz CT molecular complexity index is 336. The van der Waals surface area contributed by atoms with E-state index in [1.54, 1.807) is 0 Å². The molecule has 1 saturated carbocycles. The lowest BCUT2D eigenvalue weighted by molar-refractivity contribution is 0.00809. The maximum atomic E-state index is 10.1. The molecule has 0 unspecified atom stereocenters. The minimum Gasteiger partial charge on any atom is -0.393 e. The predicted octanol–water partition coefficient (Wildman–Crippen LogP) is 3.14. The molecule has 2 aliphatic carbocycles. The van der Waals surface area contributed by atoms with Crippen molar-refractivity contribution in [1.29, 1.82) is 0 Å². The average Bonchev–Trinajstić information content (AvgIpc) is 2.57. The fourth-order valence-electron chi connectivity index (χ4n) is 3.80. The van der Waals surface area contributed by atoms with Gasteiger partial charge in [0.25, 0.3) is 0 Å². The summed E-state index contributed by atoms with van der Waals surface area (Å²) < 4.78 is 0. The van der Waals surface area contributed by atoms with Gasteiger partial charge in [0.2, 0.25) is 0 Å². The predicted molar refractivity (Wildman–Crippen MR) is 66.8 cm³/mol. The fraction of sp³-hybridized carbons (Fsp3) is 0.733. The summed E-state index contributed by atoms with van der Waals surface area (Å²) in [4.78, 5) is 0. The molecule has 0 radical (unpaired) electrons. The second kappa shape index (κ2) is 4.26. The van der Waals surface area contributed by atoms with Gasteiger partial charge in [0.1, 0.15) is 0 Å². The minimum absolute atomic E-state index is 0.106. The Morgan fingerprint density at radius 1 is 1.69 bits per heavy atom. The highest BCUT2D eigenvalue weighted by Gasteiger charge is 2.47. The van der Waals surface area contributed by atoms with Crippen LogP contribution in [0.1, 0.15) is 46.0 Å². The summed E-state index contributed by atoms with van der Waals surface area (Å²) in [5.41, 5.74) is 1.72. The highest BCUT2D eigenvalue weighted by Crippen LogP contribution is 2.54. The molecule has 16 heavy (non-hydrogen) atoms. The largest absolute Gasteiger partial charge is 0.393 e. The van der Waals surface area contributed by atoms with Crippen LogP contribution in [-0.2, 0) is 0 Å². The molecule has 1 heteroatoms. The Balaban J connectivity index is 2.20. The van der Waals surface area contributed by atoms with Crippen molar-refractivity contribution in [2.75, 3.05) is 0 Å². The van der Waals surface area contributed by atoms with Crippen LogP contribution in [0.5, 0.6) is 0 Å². The van der Waals surface area contributed by atoms with Crippen molar-refractivity contribution in [3.05, 3.63) is 11.6 Å². The van der Waals surface area contributed by atoms with Crippen molar-refractivity contribution in [3.8, 4) is 12.3 Å². The van der Waals surface area contributed by atoms with Gasteiger partial charge in [-0.25, -0.2) is 0 Å².